The van der Waals surface area contributed by atoms with Gasteiger partial charge in [-0.3, -0.25) is 0 Å². The molecule has 1 N–H and O–H groups in total. The van der Waals surface area contributed by atoms with Crippen molar-refractivity contribution in [1.82, 2.24) is 9.97 Å². The maximum atomic E-state index is 10.8. The van der Waals surface area contributed by atoms with Crippen LogP contribution in [0.25, 0.3) is 0 Å². The first-order chi connectivity index (χ1) is 10.2. The van der Waals surface area contributed by atoms with Gasteiger partial charge in [-0.05, 0) is 30.9 Å². The third-order valence-electron chi connectivity index (χ3n) is 3.95. The Hall–Kier alpha value is -2.43. The lowest BCUT2D eigenvalue weighted by atomic mass is 9.99. The van der Waals surface area contributed by atoms with Gasteiger partial charge in [0, 0.05) is 6.54 Å². The molecule has 21 heavy (non-hydrogen) atoms. The van der Waals surface area contributed by atoms with E-state index in [1.165, 1.54) is 17.3 Å². The highest BCUT2D eigenvalue weighted by Crippen LogP contribution is 2.36. The van der Waals surface area contributed by atoms with Crippen LogP contribution in [-0.2, 0) is 0 Å². The van der Waals surface area contributed by atoms with E-state index >= 15 is 0 Å². The summed E-state index contributed by atoms with van der Waals surface area (Å²) in [6, 6.07) is 8.65. The van der Waals surface area contributed by atoms with Gasteiger partial charge in [0.1, 0.15) is 5.82 Å². The Kier molecular flexibility index (Phi) is 3.56. The van der Waals surface area contributed by atoms with Gasteiger partial charge in [0.25, 0.3) is 0 Å². The first kappa shape index (κ1) is 13.5. The average Bonchev–Trinajstić information content (AvgIpc) is 2.97. The molecule has 0 bridgehead atoms. The zero-order chi connectivity index (χ0) is 14.8. The fourth-order valence-electron chi connectivity index (χ4n) is 2.90. The second-order valence-corrected chi connectivity index (χ2v) is 5.27. The summed E-state index contributed by atoms with van der Waals surface area (Å²) in [6.45, 7) is 3.03. The SMILES string of the molecule is Cc1ccccc1C1CCCN1c1cnc(C(=O)O)cn1. The van der Waals surface area contributed by atoms with Crippen molar-refractivity contribution in [3.63, 3.8) is 0 Å². The van der Waals surface area contributed by atoms with Crippen LogP contribution in [0.15, 0.2) is 36.7 Å². The van der Waals surface area contributed by atoms with Crippen molar-refractivity contribution in [2.45, 2.75) is 25.8 Å². The molecule has 1 aromatic heterocycles. The highest BCUT2D eigenvalue weighted by atomic mass is 16.4. The first-order valence-electron chi connectivity index (χ1n) is 7.04. The summed E-state index contributed by atoms with van der Waals surface area (Å²) in [5.41, 5.74) is 2.55. The van der Waals surface area contributed by atoms with Crippen LogP contribution in [0, 0.1) is 6.92 Å². The lowest BCUT2D eigenvalue weighted by molar-refractivity contribution is 0.0690. The zero-order valence-electron chi connectivity index (χ0n) is 11.9. The van der Waals surface area contributed by atoms with Crippen LogP contribution in [0.4, 0.5) is 5.82 Å². The molecule has 1 atom stereocenters. The van der Waals surface area contributed by atoms with Gasteiger partial charge in [-0.2, -0.15) is 0 Å². The highest BCUT2D eigenvalue weighted by Gasteiger charge is 2.28. The highest BCUT2D eigenvalue weighted by molar-refractivity contribution is 5.84. The largest absolute Gasteiger partial charge is 0.476 e. The van der Waals surface area contributed by atoms with Crippen LogP contribution >= 0.6 is 0 Å². The molecule has 108 valence electrons. The van der Waals surface area contributed by atoms with Crippen LogP contribution in [0.2, 0.25) is 0 Å². The van der Waals surface area contributed by atoms with Gasteiger partial charge in [0.15, 0.2) is 5.69 Å². The predicted molar refractivity (Wildman–Crippen MR) is 79.5 cm³/mol. The van der Waals surface area contributed by atoms with Crippen LogP contribution in [0.1, 0.15) is 40.5 Å². The van der Waals surface area contributed by atoms with E-state index < -0.39 is 5.97 Å². The van der Waals surface area contributed by atoms with Crippen molar-refractivity contribution in [1.29, 1.82) is 0 Å². The van der Waals surface area contributed by atoms with E-state index in [2.05, 4.69) is 40.0 Å². The Bertz CT molecular complexity index is 655. The molecule has 1 aliphatic heterocycles. The van der Waals surface area contributed by atoms with E-state index in [-0.39, 0.29) is 11.7 Å². The number of carbonyl (C=O) groups is 1. The Morgan fingerprint density at radius 1 is 1.29 bits per heavy atom. The Labute approximate surface area is 123 Å². The molecule has 0 radical (unpaired) electrons. The summed E-state index contributed by atoms with van der Waals surface area (Å²) in [5.74, 6) is -0.309. The first-order valence-corrected chi connectivity index (χ1v) is 7.04. The Morgan fingerprint density at radius 3 is 2.76 bits per heavy atom. The molecule has 2 aromatic rings. The quantitative estimate of drug-likeness (QED) is 0.938. The molecule has 2 heterocycles. The molecular formula is C16H17N3O2. The molecule has 1 saturated heterocycles. The molecule has 1 aliphatic rings. The maximum Gasteiger partial charge on any atom is 0.356 e. The summed E-state index contributed by atoms with van der Waals surface area (Å²) in [6.07, 6.45) is 5.06. The van der Waals surface area contributed by atoms with E-state index in [4.69, 9.17) is 5.11 Å². The number of nitrogens with zero attached hydrogens (tertiary/aromatic N) is 3. The smallest absolute Gasteiger partial charge is 0.356 e. The number of anilines is 1. The molecule has 1 fully saturated rings. The average molecular weight is 283 g/mol. The minimum absolute atomic E-state index is 0.0228. The van der Waals surface area contributed by atoms with Crippen LogP contribution in [0.3, 0.4) is 0 Å². The van der Waals surface area contributed by atoms with Crippen molar-refractivity contribution in [3.8, 4) is 0 Å². The summed E-state index contributed by atoms with van der Waals surface area (Å²) < 4.78 is 0. The minimum atomic E-state index is -1.05. The number of hydrogen-bond acceptors (Lipinski definition) is 4. The molecule has 0 aliphatic carbocycles. The van der Waals surface area contributed by atoms with Gasteiger partial charge >= 0.3 is 5.97 Å². The van der Waals surface area contributed by atoms with E-state index in [0.29, 0.717) is 0 Å². The number of aromatic carboxylic acids is 1. The van der Waals surface area contributed by atoms with Crippen molar-refractivity contribution in [2.75, 3.05) is 11.4 Å². The van der Waals surface area contributed by atoms with E-state index in [9.17, 15) is 4.79 Å². The monoisotopic (exact) mass is 283 g/mol. The molecular weight excluding hydrogens is 266 g/mol. The molecule has 0 spiro atoms. The molecule has 3 rings (SSSR count). The lowest BCUT2D eigenvalue weighted by Crippen LogP contribution is -2.24. The number of carboxylic acids is 1. The fourth-order valence-corrected chi connectivity index (χ4v) is 2.90. The molecule has 0 amide bonds. The summed E-state index contributed by atoms with van der Waals surface area (Å²) >= 11 is 0. The van der Waals surface area contributed by atoms with Gasteiger partial charge in [-0.25, -0.2) is 14.8 Å². The predicted octanol–water partition coefficient (Wildman–Crippen LogP) is 2.82. The molecule has 5 nitrogen and oxygen atoms in total. The second kappa shape index (κ2) is 5.52. The van der Waals surface area contributed by atoms with Crippen LogP contribution in [-0.4, -0.2) is 27.6 Å². The van der Waals surface area contributed by atoms with Gasteiger partial charge in [-0.1, -0.05) is 24.3 Å². The molecule has 0 saturated carbocycles. The molecule has 1 unspecified atom stereocenters. The molecule has 1 aromatic carbocycles. The number of rotatable bonds is 3. The maximum absolute atomic E-state index is 10.8. The van der Waals surface area contributed by atoms with Crippen molar-refractivity contribution in [3.05, 3.63) is 53.5 Å². The third-order valence-corrected chi connectivity index (χ3v) is 3.95. The molecule has 5 heteroatoms. The Morgan fingerprint density at radius 2 is 2.10 bits per heavy atom. The van der Waals surface area contributed by atoms with Crippen molar-refractivity contribution < 1.29 is 9.90 Å². The number of aryl methyl sites for hydroxylation is 1. The number of hydrogen-bond donors (Lipinski definition) is 1. The topological polar surface area (TPSA) is 66.3 Å². The lowest BCUT2D eigenvalue weighted by Gasteiger charge is -2.27. The Balaban J connectivity index is 1.90. The van der Waals surface area contributed by atoms with Crippen LogP contribution in [0.5, 0.6) is 0 Å². The van der Waals surface area contributed by atoms with Gasteiger partial charge < -0.3 is 10.0 Å². The number of benzene rings is 1. The van der Waals surface area contributed by atoms with Crippen molar-refractivity contribution >= 4 is 11.8 Å². The van der Waals surface area contributed by atoms with Gasteiger partial charge in [-0.15, -0.1) is 0 Å². The standard InChI is InChI=1S/C16H17N3O2/c1-11-5-2-3-6-12(11)14-7-4-8-19(14)15-10-17-13(9-18-15)16(20)21/h2-3,5-6,9-10,14H,4,7-8H2,1H3,(H,20,21). The minimum Gasteiger partial charge on any atom is -0.476 e. The fraction of sp³-hybridized carbons (Fsp3) is 0.312. The van der Waals surface area contributed by atoms with Gasteiger partial charge in [0.05, 0.1) is 18.4 Å². The van der Waals surface area contributed by atoms with Crippen molar-refractivity contribution in [2.24, 2.45) is 0 Å². The summed E-state index contributed by atoms with van der Waals surface area (Å²) in [5, 5.41) is 8.89. The number of aromatic nitrogens is 2. The summed E-state index contributed by atoms with van der Waals surface area (Å²) in [4.78, 5) is 21.3. The van der Waals surface area contributed by atoms with Crippen LogP contribution < -0.4 is 4.90 Å². The van der Waals surface area contributed by atoms with E-state index in [1.54, 1.807) is 6.20 Å². The van der Waals surface area contributed by atoms with Gasteiger partial charge in [0.2, 0.25) is 0 Å². The zero-order valence-corrected chi connectivity index (χ0v) is 11.9. The normalized spacial score (nSPS) is 18.0. The second-order valence-electron chi connectivity index (χ2n) is 5.27. The number of carboxylic acid groups (broad SMARTS) is 1. The van der Waals surface area contributed by atoms with E-state index in [0.717, 1.165) is 25.2 Å². The third kappa shape index (κ3) is 2.59. The van der Waals surface area contributed by atoms with E-state index in [1.807, 2.05) is 6.07 Å². The summed E-state index contributed by atoms with van der Waals surface area (Å²) in [7, 11) is 0.